The van der Waals surface area contributed by atoms with Gasteiger partial charge in [-0.2, -0.15) is 5.10 Å². The molecule has 1 saturated carbocycles. The molecule has 1 amide bonds. The average Bonchev–Trinajstić information content (AvgIpc) is 3.41. The highest BCUT2D eigenvalue weighted by molar-refractivity contribution is 5.94. The molecule has 1 aliphatic rings. The predicted molar refractivity (Wildman–Crippen MR) is 104 cm³/mol. The molecule has 1 heterocycles. The fraction of sp³-hybridized carbons (Fsp3) is 0.318. The minimum absolute atomic E-state index is 0.0111. The van der Waals surface area contributed by atoms with Crippen LogP contribution in [0.25, 0.3) is 0 Å². The molecular weight excluding hydrogens is 336 g/mol. The van der Waals surface area contributed by atoms with Crippen LogP contribution in [-0.2, 0) is 6.54 Å². The van der Waals surface area contributed by atoms with Gasteiger partial charge in [0.15, 0.2) is 0 Å². The number of hydrogen-bond acceptors (Lipinski definition) is 3. The number of carbonyl (C=O) groups excluding carboxylic acids is 1. The lowest BCUT2D eigenvalue weighted by Crippen LogP contribution is -2.32. The largest absolute Gasteiger partial charge is 0.345 e. The molecule has 1 aromatic heterocycles. The molecule has 2 aromatic carbocycles. The first-order chi connectivity index (χ1) is 13.3. The number of amides is 1. The van der Waals surface area contributed by atoms with Crippen LogP contribution in [0.3, 0.4) is 0 Å². The van der Waals surface area contributed by atoms with E-state index in [0.29, 0.717) is 18.0 Å². The van der Waals surface area contributed by atoms with Gasteiger partial charge in [0, 0.05) is 5.56 Å². The van der Waals surface area contributed by atoms with Gasteiger partial charge in [-0.05, 0) is 42.0 Å². The zero-order valence-electron chi connectivity index (χ0n) is 15.3. The van der Waals surface area contributed by atoms with Gasteiger partial charge in [0.05, 0.1) is 12.6 Å². The van der Waals surface area contributed by atoms with Crippen molar-refractivity contribution in [3.05, 3.63) is 83.9 Å². The zero-order chi connectivity index (χ0) is 18.5. The predicted octanol–water partition coefficient (Wildman–Crippen LogP) is 3.99. The third-order valence-electron chi connectivity index (χ3n) is 5.34. The van der Waals surface area contributed by atoms with Crippen molar-refractivity contribution in [2.75, 3.05) is 0 Å². The van der Waals surface area contributed by atoms with Crippen LogP contribution in [0.2, 0.25) is 0 Å². The molecule has 1 fully saturated rings. The summed E-state index contributed by atoms with van der Waals surface area (Å²) in [6.45, 7) is 0.649. The summed E-state index contributed by atoms with van der Waals surface area (Å²) in [4.78, 5) is 16.8. The second-order valence-electron chi connectivity index (χ2n) is 7.20. The topological polar surface area (TPSA) is 59.8 Å². The van der Waals surface area contributed by atoms with E-state index in [1.54, 1.807) is 11.0 Å². The third kappa shape index (κ3) is 4.25. The number of benzene rings is 2. The molecule has 0 saturated heterocycles. The van der Waals surface area contributed by atoms with Crippen molar-refractivity contribution < 1.29 is 4.79 Å². The minimum atomic E-state index is -0.0111. The SMILES string of the molecule is O=C(NC(c1ccccc1)C1CCCC1)c1ccc(Cn2cncn2)cc1. The van der Waals surface area contributed by atoms with E-state index in [1.165, 1.54) is 37.6 Å². The molecule has 0 radical (unpaired) electrons. The van der Waals surface area contributed by atoms with Gasteiger partial charge < -0.3 is 5.32 Å². The van der Waals surface area contributed by atoms with Gasteiger partial charge in [-0.3, -0.25) is 4.79 Å². The highest BCUT2D eigenvalue weighted by Gasteiger charge is 2.27. The Morgan fingerprint density at radius 1 is 1.07 bits per heavy atom. The quantitative estimate of drug-likeness (QED) is 0.723. The van der Waals surface area contributed by atoms with E-state index in [0.717, 1.165) is 5.56 Å². The Labute approximate surface area is 159 Å². The Morgan fingerprint density at radius 2 is 1.81 bits per heavy atom. The lowest BCUT2D eigenvalue weighted by molar-refractivity contribution is 0.0921. The third-order valence-corrected chi connectivity index (χ3v) is 5.34. The van der Waals surface area contributed by atoms with Gasteiger partial charge in [-0.15, -0.1) is 0 Å². The fourth-order valence-electron chi connectivity index (χ4n) is 3.91. The van der Waals surface area contributed by atoms with Crippen LogP contribution in [0.15, 0.2) is 67.3 Å². The van der Waals surface area contributed by atoms with E-state index in [2.05, 4.69) is 27.5 Å². The van der Waals surface area contributed by atoms with Gasteiger partial charge in [-0.25, -0.2) is 9.67 Å². The summed E-state index contributed by atoms with van der Waals surface area (Å²) in [5, 5.41) is 7.40. The molecule has 3 aromatic rings. The van der Waals surface area contributed by atoms with Crippen LogP contribution < -0.4 is 5.32 Å². The van der Waals surface area contributed by atoms with Crippen LogP contribution in [0.5, 0.6) is 0 Å². The summed E-state index contributed by atoms with van der Waals surface area (Å²) >= 11 is 0. The van der Waals surface area contributed by atoms with E-state index < -0.39 is 0 Å². The maximum absolute atomic E-state index is 12.9. The molecular formula is C22H24N4O. The summed E-state index contributed by atoms with van der Waals surface area (Å²) in [5.74, 6) is 0.506. The first kappa shape index (κ1) is 17.5. The highest BCUT2D eigenvalue weighted by Crippen LogP contribution is 2.35. The number of hydrogen-bond donors (Lipinski definition) is 1. The van der Waals surface area contributed by atoms with Crippen LogP contribution >= 0.6 is 0 Å². The maximum Gasteiger partial charge on any atom is 0.251 e. The molecule has 1 N–H and O–H groups in total. The summed E-state index contributed by atoms with van der Waals surface area (Å²) in [5.41, 5.74) is 2.98. The average molecular weight is 360 g/mol. The number of aromatic nitrogens is 3. The van der Waals surface area contributed by atoms with E-state index in [9.17, 15) is 4.79 Å². The Hall–Kier alpha value is -2.95. The second kappa shape index (κ2) is 8.16. The molecule has 4 rings (SSSR count). The van der Waals surface area contributed by atoms with Gasteiger partial charge in [0.2, 0.25) is 0 Å². The number of carbonyl (C=O) groups is 1. The van der Waals surface area contributed by atoms with Crippen molar-refractivity contribution in [1.82, 2.24) is 20.1 Å². The van der Waals surface area contributed by atoms with Crippen molar-refractivity contribution in [3.8, 4) is 0 Å². The maximum atomic E-state index is 12.9. The number of rotatable bonds is 6. The van der Waals surface area contributed by atoms with Crippen molar-refractivity contribution in [2.45, 2.75) is 38.3 Å². The molecule has 5 nitrogen and oxygen atoms in total. The lowest BCUT2D eigenvalue weighted by atomic mass is 9.91. The standard InChI is InChI=1S/C22H24N4O/c27-22(20-12-10-17(11-13-20)14-26-16-23-15-24-26)25-21(19-8-4-5-9-19)18-6-2-1-3-7-18/h1-3,6-7,10-13,15-16,19,21H,4-5,8-9,14H2,(H,25,27). The molecule has 5 heteroatoms. The van der Waals surface area contributed by atoms with Crippen molar-refractivity contribution in [1.29, 1.82) is 0 Å². The number of nitrogens with one attached hydrogen (secondary N) is 1. The molecule has 0 aliphatic heterocycles. The van der Waals surface area contributed by atoms with Crippen molar-refractivity contribution in [2.24, 2.45) is 5.92 Å². The fourth-order valence-corrected chi connectivity index (χ4v) is 3.91. The zero-order valence-corrected chi connectivity index (χ0v) is 15.3. The summed E-state index contributed by atoms with van der Waals surface area (Å²) in [7, 11) is 0. The first-order valence-electron chi connectivity index (χ1n) is 9.57. The van der Waals surface area contributed by atoms with Gasteiger partial charge >= 0.3 is 0 Å². The molecule has 138 valence electrons. The molecule has 27 heavy (non-hydrogen) atoms. The normalized spacial score (nSPS) is 15.6. The Balaban J connectivity index is 1.47. The smallest absolute Gasteiger partial charge is 0.251 e. The lowest BCUT2D eigenvalue weighted by Gasteiger charge is -2.25. The van der Waals surface area contributed by atoms with E-state index in [1.807, 2.05) is 42.5 Å². The van der Waals surface area contributed by atoms with Gasteiger partial charge in [0.25, 0.3) is 5.91 Å². The van der Waals surface area contributed by atoms with Crippen LogP contribution in [-0.4, -0.2) is 20.7 Å². The second-order valence-corrected chi connectivity index (χ2v) is 7.20. The Morgan fingerprint density at radius 3 is 2.48 bits per heavy atom. The molecule has 1 atom stereocenters. The molecule has 1 unspecified atom stereocenters. The monoisotopic (exact) mass is 360 g/mol. The number of nitrogens with zero attached hydrogens (tertiary/aromatic N) is 3. The molecule has 0 bridgehead atoms. The van der Waals surface area contributed by atoms with Crippen molar-refractivity contribution >= 4 is 5.91 Å². The summed E-state index contributed by atoms with van der Waals surface area (Å²) in [6.07, 6.45) is 8.07. The van der Waals surface area contributed by atoms with Crippen molar-refractivity contribution in [3.63, 3.8) is 0 Å². The van der Waals surface area contributed by atoms with E-state index >= 15 is 0 Å². The van der Waals surface area contributed by atoms with Gasteiger partial charge in [-0.1, -0.05) is 55.3 Å². The Bertz CT molecular complexity index is 853. The van der Waals surface area contributed by atoms with Crippen LogP contribution in [0, 0.1) is 5.92 Å². The molecule has 1 aliphatic carbocycles. The van der Waals surface area contributed by atoms with Gasteiger partial charge in [0.1, 0.15) is 12.7 Å². The first-order valence-corrected chi connectivity index (χ1v) is 9.57. The van der Waals surface area contributed by atoms with Crippen LogP contribution in [0.4, 0.5) is 0 Å². The van der Waals surface area contributed by atoms with Crippen LogP contribution in [0.1, 0.15) is 53.2 Å². The minimum Gasteiger partial charge on any atom is -0.345 e. The highest BCUT2D eigenvalue weighted by atomic mass is 16.1. The summed E-state index contributed by atoms with van der Waals surface area (Å²) in [6, 6.07) is 18.1. The molecule has 0 spiro atoms. The summed E-state index contributed by atoms with van der Waals surface area (Å²) < 4.78 is 1.76. The Kier molecular flexibility index (Phi) is 5.28. The van der Waals surface area contributed by atoms with E-state index in [-0.39, 0.29) is 11.9 Å². The van der Waals surface area contributed by atoms with E-state index in [4.69, 9.17) is 0 Å².